The smallest absolute Gasteiger partial charge is 0.324 e. The van der Waals surface area contributed by atoms with Gasteiger partial charge in [-0.2, -0.15) is 5.10 Å². The van der Waals surface area contributed by atoms with Gasteiger partial charge < -0.3 is 10.2 Å². The quantitative estimate of drug-likeness (QED) is 0.920. The average molecular weight is 355 g/mol. The first-order valence-electron chi connectivity index (χ1n) is 9.31. The van der Waals surface area contributed by atoms with Gasteiger partial charge in [-0.15, -0.1) is 0 Å². The van der Waals surface area contributed by atoms with Crippen molar-refractivity contribution in [3.05, 3.63) is 46.1 Å². The van der Waals surface area contributed by atoms with Gasteiger partial charge in [0.15, 0.2) is 0 Å². The lowest BCUT2D eigenvalue weighted by Crippen LogP contribution is -2.41. The van der Waals surface area contributed by atoms with Gasteiger partial charge in [0, 0.05) is 37.8 Å². The highest BCUT2D eigenvalue weighted by atomic mass is 16.2. The third-order valence-electron chi connectivity index (χ3n) is 5.43. The van der Waals surface area contributed by atoms with E-state index in [-0.39, 0.29) is 17.6 Å². The fourth-order valence-corrected chi connectivity index (χ4v) is 3.70. The SMILES string of the molecule is Cc1ccccc1NC(=O)N1CCC(c2nn(C)c(=O)n2C2CC2)CC1. The van der Waals surface area contributed by atoms with Crippen molar-refractivity contribution < 1.29 is 4.79 Å². The maximum Gasteiger partial charge on any atom is 0.345 e. The number of amides is 2. The van der Waals surface area contributed by atoms with Crippen LogP contribution in [0.3, 0.4) is 0 Å². The molecule has 0 radical (unpaired) electrons. The summed E-state index contributed by atoms with van der Waals surface area (Å²) in [6.45, 7) is 3.34. The molecule has 2 fully saturated rings. The van der Waals surface area contributed by atoms with Crippen LogP contribution in [-0.4, -0.2) is 38.4 Å². The highest BCUT2D eigenvalue weighted by Gasteiger charge is 2.34. The molecule has 1 N–H and O–H groups in total. The topological polar surface area (TPSA) is 72.2 Å². The number of aryl methyl sites for hydroxylation is 2. The summed E-state index contributed by atoms with van der Waals surface area (Å²) in [7, 11) is 1.72. The van der Waals surface area contributed by atoms with Gasteiger partial charge in [0.05, 0.1) is 0 Å². The minimum Gasteiger partial charge on any atom is -0.324 e. The Morgan fingerprint density at radius 2 is 1.85 bits per heavy atom. The lowest BCUT2D eigenvalue weighted by atomic mass is 9.96. The molecule has 0 atom stereocenters. The van der Waals surface area contributed by atoms with Gasteiger partial charge in [-0.05, 0) is 44.2 Å². The number of hydrogen-bond donors (Lipinski definition) is 1. The number of anilines is 1. The van der Waals surface area contributed by atoms with Crippen molar-refractivity contribution in [2.75, 3.05) is 18.4 Å². The standard InChI is InChI=1S/C19H25N5O2/c1-13-5-3-4-6-16(13)20-18(25)23-11-9-14(10-12-23)17-21-22(2)19(26)24(17)15-7-8-15/h3-6,14-15H,7-12H2,1-2H3,(H,20,25). The van der Waals surface area contributed by atoms with Crippen LogP contribution in [0.1, 0.15) is 49.0 Å². The number of urea groups is 1. The van der Waals surface area contributed by atoms with Crippen LogP contribution in [0.15, 0.2) is 29.1 Å². The summed E-state index contributed by atoms with van der Waals surface area (Å²) in [5.41, 5.74) is 1.90. The van der Waals surface area contributed by atoms with Crippen LogP contribution in [0.4, 0.5) is 10.5 Å². The molecule has 2 amide bonds. The second-order valence-electron chi connectivity index (χ2n) is 7.37. The third kappa shape index (κ3) is 3.13. The lowest BCUT2D eigenvalue weighted by Gasteiger charge is -2.31. The highest BCUT2D eigenvalue weighted by Crippen LogP contribution is 2.37. The Morgan fingerprint density at radius 1 is 1.15 bits per heavy atom. The van der Waals surface area contributed by atoms with Crippen LogP contribution in [0.2, 0.25) is 0 Å². The molecular formula is C19H25N5O2. The molecule has 4 rings (SSSR count). The molecular weight excluding hydrogens is 330 g/mol. The number of carbonyl (C=O) groups excluding carboxylic acids is 1. The van der Waals surface area contributed by atoms with Crippen molar-refractivity contribution in [1.29, 1.82) is 0 Å². The fourth-order valence-electron chi connectivity index (χ4n) is 3.70. The number of benzene rings is 1. The van der Waals surface area contributed by atoms with E-state index in [1.807, 2.05) is 40.7 Å². The van der Waals surface area contributed by atoms with E-state index in [1.165, 1.54) is 4.68 Å². The molecule has 1 aromatic heterocycles. The summed E-state index contributed by atoms with van der Waals surface area (Å²) in [6.07, 6.45) is 3.81. The normalized spacial score (nSPS) is 18.2. The van der Waals surface area contributed by atoms with Crippen molar-refractivity contribution in [3.8, 4) is 0 Å². The largest absolute Gasteiger partial charge is 0.345 e. The van der Waals surface area contributed by atoms with Crippen molar-refractivity contribution in [3.63, 3.8) is 0 Å². The Hall–Kier alpha value is -2.57. The number of aromatic nitrogens is 3. The van der Waals surface area contributed by atoms with E-state index < -0.39 is 0 Å². The number of carbonyl (C=O) groups is 1. The van der Waals surface area contributed by atoms with Gasteiger partial charge in [-0.25, -0.2) is 14.3 Å². The minimum atomic E-state index is -0.0571. The molecule has 1 aliphatic carbocycles. The van der Waals surface area contributed by atoms with E-state index in [9.17, 15) is 9.59 Å². The summed E-state index contributed by atoms with van der Waals surface area (Å²) >= 11 is 0. The van der Waals surface area contributed by atoms with E-state index >= 15 is 0 Å². The molecule has 2 aliphatic rings. The van der Waals surface area contributed by atoms with Gasteiger partial charge in [-0.1, -0.05) is 18.2 Å². The van der Waals surface area contributed by atoms with Crippen LogP contribution in [0.5, 0.6) is 0 Å². The molecule has 1 saturated heterocycles. The Balaban J connectivity index is 1.42. The van der Waals surface area contributed by atoms with Crippen molar-refractivity contribution in [2.45, 2.75) is 44.6 Å². The zero-order valence-corrected chi connectivity index (χ0v) is 15.3. The molecule has 26 heavy (non-hydrogen) atoms. The molecule has 1 aromatic carbocycles. The van der Waals surface area contributed by atoms with Crippen LogP contribution in [-0.2, 0) is 7.05 Å². The second-order valence-corrected chi connectivity index (χ2v) is 7.37. The predicted molar refractivity (Wildman–Crippen MR) is 99.5 cm³/mol. The van der Waals surface area contributed by atoms with E-state index in [0.717, 1.165) is 42.8 Å². The van der Waals surface area contributed by atoms with Crippen LogP contribution < -0.4 is 11.0 Å². The first kappa shape index (κ1) is 16.9. The molecule has 1 aliphatic heterocycles. The molecule has 0 spiro atoms. The lowest BCUT2D eigenvalue weighted by molar-refractivity contribution is 0.192. The van der Waals surface area contributed by atoms with Crippen LogP contribution >= 0.6 is 0 Å². The van der Waals surface area contributed by atoms with Crippen molar-refractivity contribution in [1.82, 2.24) is 19.2 Å². The summed E-state index contributed by atoms with van der Waals surface area (Å²) in [5, 5.41) is 7.49. The van der Waals surface area contributed by atoms with E-state index in [2.05, 4.69) is 10.4 Å². The molecule has 7 nitrogen and oxygen atoms in total. The number of hydrogen-bond acceptors (Lipinski definition) is 3. The fraction of sp³-hybridized carbons (Fsp3) is 0.526. The van der Waals surface area contributed by atoms with Crippen molar-refractivity contribution >= 4 is 11.7 Å². The number of para-hydroxylation sites is 1. The monoisotopic (exact) mass is 355 g/mol. The summed E-state index contributed by atoms with van der Waals surface area (Å²) in [5.74, 6) is 1.14. The molecule has 0 bridgehead atoms. The molecule has 7 heteroatoms. The summed E-state index contributed by atoms with van der Waals surface area (Å²) in [4.78, 5) is 26.7. The maximum absolute atomic E-state index is 12.5. The van der Waals surface area contributed by atoms with Gasteiger partial charge in [0.1, 0.15) is 5.82 Å². The number of nitrogens with zero attached hydrogens (tertiary/aromatic N) is 4. The van der Waals surface area contributed by atoms with Crippen molar-refractivity contribution in [2.24, 2.45) is 7.05 Å². The number of likely N-dealkylation sites (tertiary alicyclic amines) is 1. The Morgan fingerprint density at radius 3 is 2.50 bits per heavy atom. The Bertz CT molecular complexity index is 872. The highest BCUT2D eigenvalue weighted by molar-refractivity contribution is 5.90. The molecule has 1 saturated carbocycles. The van der Waals surface area contributed by atoms with E-state index in [1.54, 1.807) is 7.05 Å². The number of piperidine rings is 1. The van der Waals surface area contributed by atoms with Gasteiger partial charge in [0.2, 0.25) is 0 Å². The third-order valence-corrected chi connectivity index (χ3v) is 5.43. The molecule has 138 valence electrons. The van der Waals surface area contributed by atoms with Gasteiger partial charge in [0.25, 0.3) is 0 Å². The van der Waals surface area contributed by atoms with Crippen LogP contribution in [0, 0.1) is 6.92 Å². The zero-order valence-electron chi connectivity index (χ0n) is 15.3. The summed E-state index contributed by atoms with van der Waals surface area (Å²) in [6, 6.07) is 8.06. The van der Waals surface area contributed by atoms with Gasteiger partial charge in [-0.3, -0.25) is 4.57 Å². The second kappa shape index (κ2) is 6.63. The zero-order chi connectivity index (χ0) is 18.3. The molecule has 2 heterocycles. The van der Waals surface area contributed by atoms with E-state index in [4.69, 9.17) is 0 Å². The number of nitrogens with one attached hydrogen (secondary N) is 1. The first-order valence-corrected chi connectivity index (χ1v) is 9.31. The minimum absolute atomic E-state index is 0.0118. The number of rotatable bonds is 3. The summed E-state index contributed by atoms with van der Waals surface area (Å²) < 4.78 is 3.33. The first-order chi connectivity index (χ1) is 12.5. The maximum atomic E-state index is 12.5. The molecule has 2 aromatic rings. The predicted octanol–water partition coefficient (Wildman–Crippen LogP) is 2.64. The average Bonchev–Trinajstić information content (AvgIpc) is 3.43. The molecule has 0 unspecified atom stereocenters. The Labute approximate surface area is 152 Å². The van der Waals surface area contributed by atoms with E-state index in [0.29, 0.717) is 19.1 Å². The Kier molecular flexibility index (Phi) is 4.30. The van der Waals surface area contributed by atoms with Crippen LogP contribution in [0.25, 0.3) is 0 Å². The van der Waals surface area contributed by atoms with Gasteiger partial charge >= 0.3 is 11.7 Å².